The first-order chi connectivity index (χ1) is 16.5. The lowest BCUT2D eigenvalue weighted by Crippen LogP contribution is -2.30. The van der Waals surface area contributed by atoms with Crippen LogP contribution in [0.2, 0.25) is 0 Å². The summed E-state index contributed by atoms with van der Waals surface area (Å²) in [5.41, 5.74) is 1.62. The second kappa shape index (κ2) is 10.6. The topological polar surface area (TPSA) is 130 Å². The smallest absolute Gasteiger partial charge is 0.335 e. The van der Waals surface area contributed by atoms with Crippen molar-refractivity contribution < 1.29 is 24.9 Å². The molecule has 0 saturated carbocycles. The number of aromatic hydroxyl groups is 2. The number of aromatic nitrogens is 3. The Kier molecular flexibility index (Phi) is 7.16. The van der Waals surface area contributed by atoms with Gasteiger partial charge in [-0.3, -0.25) is 0 Å². The van der Waals surface area contributed by atoms with E-state index in [-0.39, 0.29) is 22.9 Å². The number of carboxylic acids is 1. The first-order valence-electron chi connectivity index (χ1n) is 10.7. The highest BCUT2D eigenvalue weighted by Crippen LogP contribution is 2.33. The molecule has 9 heteroatoms. The van der Waals surface area contributed by atoms with E-state index >= 15 is 0 Å². The van der Waals surface area contributed by atoms with Crippen molar-refractivity contribution in [2.45, 2.75) is 0 Å². The van der Waals surface area contributed by atoms with Gasteiger partial charge in [-0.2, -0.15) is 0 Å². The summed E-state index contributed by atoms with van der Waals surface area (Å²) in [5, 5.41) is 37.2. The van der Waals surface area contributed by atoms with Crippen molar-refractivity contribution >= 4 is 5.97 Å². The molecule has 1 fully saturated rings. The molecule has 2 heterocycles. The first-order valence-corrected chi connectivity index (χ1v) is 10.7. The maximum absolute atomic E-state index is 11.1. The van der Waals surface area contributed by atoms with Crippen LogP contribution >= 0.6 is 0 Å². The minimum atomic E-state index is -1.03. The number of nitrogens with one attached hydrogen (secondary N) is 1. The fraction of sp³-hybridized carbons (Fsp3) is 0.160. The van der Waals surface area contributed by atoms with E-state index in [4.69, 9.17) is 9.84 Å². The van der Waals surface area contributed by atoms with Crippen molar-refractivity contribution in [1.29, 1.82) is 0 Å². The van der Waals surface area contributed by atoms with Gasteiger partial charge in [0.05, 0.1) is 35.6 Å². The molecule has 1 saturated heterocycles. The van der Waals surface area contributed by atoms with Crippen LogP contribution < -0.4 is 5.32 Å². The largest absolute Gasteiger partial charge is 0.507 e. The summed E-state index contributed by atoms with van der Waals surface area (Å²) >= 11 is 0. The number of para-hydroxylation sites is 2. The molecule has 5 rings (SSSR count). The number of carboxylic acid groups (broad SMARTS) is 1. The number of ether oxygens (including phenoxy) is 1. The van der Waals surface area contributed by atoms with Crippen LogP contribution in [0.3, 0.4) is 0 Å². The van der Waals surface area contributed by atoms with Gasteiger partial charge in [0, 0.05) is 13.1 Å². The summed E-state index contributed by atoms with van der Waals surface area (Å²) in [5.74, 6) is -0.328. The number of phenols is 2. The molecule has 0 unspecified atom stereocenters. The number of aromatic carboxylic acids is 1. The molecule has 34 heavy (non-hydrogen) atoms. The van der Waals surface area contributed by atoms with Gasteiger partial charge in [0.25, 0.3) is 0 Å². The molecule has 4 aromatic rings. The number of phenolic OH excluding ortho intramolecular Hbond substituents is 2. The highest BCUT2D eigenvalue weighted by molar-refractivity contribution is 5.87. The molecular formula is C25H24N4O5. The van der Waals surface area contributed by atoms with Crippen LogP contribution in [0.1, 0.15) is 10.4 Å². The average Bonchev–Trinajstić information content (AvgIpc) is 3.31. The molecule has 0 spiro atoms. The Bertz CT molecular complexity index is 1260. The van der Waals surface area contributed by atoms with Crippen LogP contribution in [0.15, 0.2) is 72.8 Å². The van der Waals surface area contributed by atoms with Gasteiger partial charge in [-0.25, -0.2) is 14.5 Å². The molecule has 1 aromatic heterocycles. The lowest BCUT2D eigenvalue weighted by Gasteiger charge is -2.10. The van der Waals surface area contributed by atoms with Crippen molar-refractivity contribution in [3.05, 3.63) is 78.4 Å². The Morgan fingerprint density at radius 3 is 1.94 bits per heavy atom. The zero-order valence-corrected chi connectivity index (χ0v) is 18.3. The Hall–Kier alpha value is -4.21. The van der Waals surface area contributed by atoms with Crippen molar-refractivity contribution in [2.24, 2.45) is 0 Å². The number of rotatable bonds is 4. The summed E-state index contributed by atoms with van der Waals surface area (Å²) in [4.78, 5) is 15.6. The van der Waals surface area contributed by atoms with E-state index in [9.17, 15) is 15.0 Å². The van der Waals surface area contributed by atoms with Crippen LogP contribution in [-0.2, 0) is 4.74 Å². The van der Waals surface area contributed by atoms with Crippen LogP contribution in [0.25, 0.3) is 28.5 Å². The quantitative estimate of drug-likeness (QED) is 0.365. The van der Waals surface area contributed by atoms with Crippen molar-refractivity contribution in [2.75, 3.05) is 26.3 Å². The predicted molar refractivity (Wildman–Crippen MR) is 126 cm³/mol. The molecule has 0 radical (unpaired) electrons. The summed E-state index contributed by atoms with van der Waals surface area (Å²) in [6, 6.07) is 19.5. The minimum Gasteiger partial charge on any atom is -0.507 e. The van der Waals surface area contributed by atoms with Gasteiger partial charge in [0.2, 0.25) is 0 Å². The number of nitrogens with zero attached hydrogens (tertiary/aromatic N) is 3. The zero-order valence-electron chi connectivity index (χ0n) is 18.3. The Morgan fingerprint density at radius 1 is 0.853 bits per heavy atom. The minimum absolute atomic E-state index is 0.0298. The van der Waals surface area contributed by atoms with E-state index in [1.54, 1.807) is 54.6 Å². The van der Waals surface area contributed by atoms with E-state index in [1.807, 2.05) is 0 Å². The van der Waals surface area contributed by atoms with Gasteiger partial charge >= 0.3 is 5.97 Å². The molecule has 0 bridgehead atoms. The number of benzene rings is 3. The third-order valence-corrected chi connectivity index (χ3v) is 5.10. The Morgan fingerprint density at radius 2 is 1.44 bits per heavy atom. The molecule has 0 amide bonds. The third-order valence-electron chi connectivity index (χ3n) is 5.10. The highest BCUT2D eigenvalue weighted by atomic mass is 16.5. The fourth-order valence-corrected chi connectivity index (χ4v) is 3.37. The molecule has 174 valence electrons. The maximum atomic E-state index is 11.1. The molecule has 1 aliphatic rings. The van der Waals surface area contributed by atoms with E-state index in [2.05, 4.69) is 15.4 Å². The Balaban J connectivity index is 0.000000398. The maximum Gasteiger partial charge on any atom is 0.335 e. The van der Waals surface area contributed by atoms with Crippen LogP contribution in [0, 0.1) is 0 Å². The molecular weight excluding hydrogens is 436 g/mol. The predicted octanol–water partition coefficient (Wildman–Crippen LogP) is 3.32. The Labute approximate surface area is 195 Å². The van der Waals surface area contributed by atoms with Gasteiger partial charge in [0.15, 0.2) is 11.6 Å². The van der Waals surface area contributed by atoms with Gasteiger partial charge in [-0.05, 0) is 48.5 Å². The van der Waals surface area contributed by atoms with Crippen molar-refractivity contribution in [3.63, 3.8) is 0 Å². The first kappa shape index (κ1) is 23.0. The van der Waals surface area contributed by atoms with Crippen LogP contribution in [-0.4, -0.2) is 62.4 Å². The zero-order chi connectivity index (χ0) is 23.9. The van der Waals surface area contributed by atoms with E-state index in [0.717, 1.165) is 26.3 Å². The highest BCUT2D eigenvalue weighted by Gasteiger charge is 2.19. The van der Waals surface area contributed by atoms with Crippen molar-refractivity contribution in [3.8, 4) is 40.0 Å². The number of hydrogen-bond acceptors (Lipinski definition) is 7. The van der Waals surface area contributed by atoms with Gasteiger partial charge in [0.1, 0.15) is 11.5 Å². The van der Waals surface area contributed by atoms with Gasteiger partial charge in [-0.1, -0.05) is 24.3 Å². The summed E-state index contributed by atoms with van der Waals surface area (Å²) in [6.07, 6.45) is 0. The monoisotopic (exact) mass is 460 g/mol. The van der Waals surface area contributed by atoms with Crippen molar-refractivity contribution in [1.82, 2.24) is 20.1 Å². The molecule has 1 aliphatic heterocycles. The normalized spacial score (nSPS) is 13.1. The van der Waals surface area contributed by atoms with Gasteiger partial charge in [-0.15, -0.1) is 5.10 Å². The third kappa shape index (κ3) is 5.22. The second-order valence-corrected chi connectivity index (χ2v) is 7.42. The standard InChI is InChI=1S/C21H15N3O4.C4H9NO/c25-17-7-3-1-5-15(17)19-22-20(16-6-2-4-8-18(16)26)24(23-19)14-11-9-13(10-12-14)21(27)28;1-3-6-4-2-5-1/h1-12,25-26H,(H,27,28);5H,1-4H2. The average molecular weight is 460 g/mol. The van der Waals surface area contributed by atoms with E-state index in [0.29, 0.717) is 22.6 Å². The molecule has 3 aromatic carbocycles. The number of hydrogen-bond donors (Lipinski definition) is 4. The molecule has 9 nitrogen and oxygen atoms in total. The van der Waals surface area contributed by atoms with Gasteiger partial charge < -0.3 is 25.4 Å². The lowest BCUT2D eigenvalue weighted by molar-refractivity contribution is 0.0697. The van der Waals surface area contributed by atoms with Crippen LogP contribution in [0.5, 0.6) is 11.5 Å². The molecule has 4 N–H and O–H groups in total. The summed E-state index contributed by atoms with van der Waals surface area (Å²) in [6.45, 7) is 3.83. The summed E-state index contributed by atoms with van der Waals surface area (Å²) in [7, 11) is 0. The molecule has 0 aliphatic carbocycles. The SMILES string of the molecule is C1COCCN1.O=C(O)c1ccc(-n2nc(-c3ccccc3O)nc2-c2ccccc2O)cc1. The summed E-state index contributed by atoms with van der Waals surface area (Å²) < 4.78 is 6.51. The van der Waals surface area contributed by atoms with Crippen LogP contribution in [0.4, 0.5) is 0 Å². The number of morpholine rings is 1. The fourth-order valence-electron chi connectivity index (χ4n) is 3.37. The lowest BCUT2D eigenvalue weighted by atomic mass is 10.1. The van der Waals surface area contributed by atoms with E-state index < -0.39 is 5.97 Å². The van der Waals surface area contributed by atoms with E-state index in [1.165, 1.54) is 22.9 Å². The second-order valence-electron chi connectivity index (χ2n) is 7.42. The molecule has 0 atom stereocenters. The number of carbonyl (C=O) groups is 1.